The highest BCUT2D eigenvalue weighted by atomic mass is 32.2. The Labute approximate surface area is 136 Å². The van der Waals surface area contributed by atoms with Gasteiger partial charge in [-0.25, -0.2) is 0 Å². The average Bonchev–Trinajstić information content (AvgIpc) is 3.01. The van der Waals surface area contributed by atoms with Crippen LogP contribution in [0.4, 0.5) is 13.2 Å². The van der Waals surface area contributed by atoms with Gasteiger partial charge in [0, 0.05) is 12.1 Å². The Kier molecular flexibility index (Phi) is 5.76. The quantitative estimate of drug-likeness (QED) is 0.788. The molecule has 1 aromatic carbocycles. The lowest BCUT2D eigenvalue weighted by Crippen LogP contribution is -2.24. The molecule has 1 heterocycles. The van der Waals surface area contributed by atoms with Crippen LogP contribution in [-0.4, -0.2) is 24.5 Å². The molecule has 1 aromatic heterocycles. The number of carbonyl (C=O) groups is 1. The van der Waals surface area contributed by atoms with E-state index in [2.05, 4.69) is 5.32 Å². The van der Waals surface area contributed by atoms with Gasteiger partial charge in [-0.1, -0.05) is 12.1 Å². The van der Waals surface area contributed by atoms with Crippen molar-refractivity contribution in [1.82, 2.24) is 5.32 Å². The van der Waals surface area contributed by atoms with Crippen LogP contribution < -0.4 is 5.32 Å². The molecule has 3 nitrogen and oxygen atoms in total. The smallest absolute Gasteiger partial charge is 0.416 e. The molecule has 0 unspecified atom stereocenters. The summed E-state index contributed by atoms with van der Waals surface area (Å²) in [5.41, 5.74) is -0.476. The number of nitrogens with one attached hydrogen (secondary N) is 1. The molecule has 0 bridgehead atoms. The minimum absolute atomic E-state index is 0.0848. The summed E-state index contributed by atoms with van der Waals surface area (Å²) in [4.78, 5) is 11.9. The largest absolute Gasteiger partial charge is 0.451 e. The maximum absolute atomic E-state index is 12.7. The van der Waals surface area contributed by atoms with Crippen molar-refractivity contribution in [2.45, 2.75) is 12.6 Å². The predicted octanol–water partition coefficient (Wildman–Crippen LogP) is 4.45. The van der Waals surface area contributed by atoms with E-state index in [1.54, 1.807) is 11.8 Å². The maximum Gasteiger partial charge on any atom is 0.416 e. The minimum atomic E-state index is -4.42. The molecule has 0 radical (unpaired) electrons. The molecule has 0 saturated carbocycles. The van der Waals surface area contributed by atoms with E-state index in [1.807, 2.05) is 6.26 Å². The Morgan fingerprint density at radius 2 is 2.04 bits per heavy atom. The van der Waals surface area contributed by atoms with Gasteiger partial charge in [0.15, 0.2) is 5.76 Å². The van der Waals surface area contributed by atoms with Crippen LogP contribution in [0.2, 0.25) is 0 Å². The SMILES string of the molecule is CSCCCNC(=O)c1ccc(-c2cccc(C(F)(F)F)c2)o1. The molecular formula is C16H16F3NO2S. The van der Waals surface area contributed by atoms with Crippen LogP contribution >= 0.6 is 11.8 Å². The summed E-state index contributed by atoms with van der Waals surface area (Å²) in [5, 5.41) is 2.71. The molecule has 0 spiro atoms. The number of hydrogen-bond acceptors (Lipinski definition) is 3. The molecule has 0 fully saturated rings. The number of halogens is 3. The van der Waals surface area contributed by atoms with Gasteiger partial charge in [0.25, 0.3) is 5.91 Å². The lowest BCUT2D eigenvalue weighted by atomic mass is 10.1. The van der Waals surface area contributed by atoms with Crippen LogP contribution in [0.15, 0.2) is 40.8 Å². The summed E-state index contributed by atoms with van der Waals surface area (Å²) in [5.74, 6) is 0.879. The number of rotatable bonds is 6. The summed E-state index contributed by atoms with van der Waals surface area (Å²) >= 11 is 1.69. The van der Waals surface area contributed by atoms with Crippen molar-refractivity contribution >= 4 is 17.7 Å². The highest BCUT2D eigenvalue weighted by Gasteiger charge is 2.30. The third kappa shape index (κ3) is 4.79. The van der Waals surface area contributed by atoms with Crippen LogP contribution in [0.5, 0.6) is 0 Å². The molecule has 0 aliphatic carbocycles. The predicted molar refractivity (Wildman–Crippen MR) is 84.5 cm³/mol. The van der Waals surface area contributed by atoms with E-state index in [9.17, 15) is 18.0 Å². The standard InChI is InChI=1S/C16H16F3NO2S/c1-23-9-3-8-20-15(21)14-7-6-13(22-14)11-4-2-5-12(10-11)16(17,18)19/h2,4-7,10H,3,8-9H2,1H3,(H,20,21). The first kappa shape index (κ1) is 17.5. The van der Waals surface area contributed by atoms with Crippen molar-refractivity contribution < 1.29 is 22.4 Å². The van der Waals surface area contributed by atoms with E-state index >= 15 is 0 Å². The van der Waals surface area contributed by atoms with Gasteiger partial charge in [-0.2, -0.15) is 24.9 Å². The zero-order valence-corrected chi connectivity index (χ0v) is 13.3. The van der Waals surface area contributed by atoms with Gasteiger partial charge < -0.3 is 9.73 Å². The summed E-state index contributed by atoms with van der Waals surface area (Å²) in [6.07, 6.45) is -1.59. The summed E-state index contributed by atoms with van der Waals surface area (Å²) in [7, 11) is 0. The lowest BCUT2D eigenvalue weighted by molar-refractivity contribution is -0.137. The molecule has 2 aromatic rings. The van der Waals surface area contributed by atoms with E-state index in [-0.39, 0.29) is 23.0 Å². The fraction of sp³-hybridized carbons (Fsp3) is 0.312. The fourth-order valence-corrected chi connectivity index (χ4v) is 2.40. The van der Waals surface area contributed by atoms with Gasteiger partial charge in [-0.05, 0) is 42.7 Å². The lowest BCUT2D eigenvalue weighted by Gasteiger charge is -2.07. The topological polar surface area (TPSA) is 42.2 Å². The third-order valence-corrected chi connectivity index (χ3v) is 3.81. The van der Waals surface area contributed by atoms with E-state index in [0.717, 1.165) is 24.3 Å². The molecule has 0 aliphatic heterocycles. The van der Waals surface area contributed by atoms with Crippen LogP contribution in [0.1, 0.15) is 22.5 Å². The van der Waals surface area contributed by atoms with Gasteiger partial charge in [-0.15, -0.1) is 0 Å². The normalized spacial score (nSPS) is 11.5. The average molecular weight is 343 g/mol. The second-order valence-corrected chi connectivity index (χ2v) is 5.83. The van der Waals surface area contributed by atoms with Gasteiger partial charge in [0.1, 0.15) is 5.76 Å². The highest BCUT2D eigenvalue weighted by molar-refractivity contribution is 7.98. The fourth-order valence-electron chi connectivity index (χ4n) is 1.97. The van der Waals surface area contributed by atoms with E-state index in [0.29, 0.717) is 6.54 Å². The molecule has 1 N–H and O–H groups in total. The molecule has 23 heavy (non-hydrogen) atoms. The highest BCUT2D eigenvalue weighted by Crippen LogP contribution is 2.32. The summed E-state index contributed by atoms with van der Waals surface area (Å²) < 4.78 is 43.5. The van der Waals surface area contributed by atoms with Crippen molar-refractivity contribution in [2.24, 2.45) is 0 Å². The summed E-state index contributed by atoms with van der Waals surface area (Å²) in [6, 6.07) is 7.76. The van der Waals surface area contributed by atoms with Crippen molar-refractivity contribution in [3.8, 4) is 11.3 Å². The Hall–Kier alpha value is -1.89. The van der Waals surface area contributed by atoms with Crippen molar-refractivity contribution in [3.63, 3.8) is 0 Å². The number of benzene rings is 1. The molecule has 2 rings (SSSR count). The Bertz CT molecular complexity index is 667. The van der Waals surface area contributed by atoms with Crippen molar-refractivity contribution in [2.75, 3.05) is 18.6 Å². The van der Waals surface area contributed by atoms with E-state index in [4.69, 9.17) is 4.42 Å². The van der Waals surface area contributed by atoms with Crippen molar-refractivity contribution in [3.05, 3.63) is 47.7 Å². The Balaban J connectivity index is 2.09. The van der Waals surface area contributed by atoms with Gasteiger partial charge in [0.2, 0.25) is 0 Å². The second kappa shape index (κ2) is 7.59. The van der Waals surface area contributed by atoms with Crippen molar-refractivity contribution in [1.29, 1.82) is 0 Å². The van der Waals surface area contributed by atoms with Gasteiger partial charge in [0.05, 0.1) is 5.56 Å². The first-order chi connectivity index (χ1) is 10.9. The maximum atomic E-state index is 12.7. The van der Waals surface area contributed by atoms with Crippen LogP contribution in [0.25, 0.3) is 11.3 Å². The zero-order valence-electron chi connectivity index (χ0n) is 12.4. The molecule has 0 aliphatic rings. The number of alkyl halides is 3. The Morgan fingerprint density at radius 1 is 1.26 bits per heavy atom. The molecule has 7 heteroatoms. The molecule has 0 saturated heterocycles. The van der Waals surface area contributed by atoms with Crippen LogP contribution in [-0.2, 0) is 6.18 Å². The molecular weight excluding hydrogens is 327 g/mol. The first-order valence-corrected chi connectivity index (χ1v) is 8.36. The van der Waals surface area contributed by atoms with Gasteiger partial charge in [-0.3, -0.25) is 4.79 Å². The van der Waals surface area contributed by atoms with Crippen LogP contribution in [0.3, 0.4) is 0 Å². The second-order valence-electron chi connectivity index (χ2n) is 4.84. The number of thioether (sulfide) groups is 1. The number of hydrogen-bond donors (Lipinski definition) is 1. The molecule has 124 valence electrons. The minimum Gasteiger partial charge on any atom is -0.451 e. The third-order valence-electron chi connectivity index (χ3n) is 3.11. The van der Waals surface area contributed by atoms with Gasteiger partial charge >= 0.3 is 6.18 Å². The van der Waals surface area contributed by atoms with E-state index < -0.39 is 11.7 Å². The van der Waals surface area contributed by atoms with Crippen LogP contribution in [0, 0.1) is 0 Å². The first-order valence-electron chi connectivity index (χ1n) is 6.96. The Morgan fingerprint density at radius 3 is 2.74 bits per heavy atom. The number of furan rings is 1. The monoisotopic (exact) mass is 343 g/mol. The molecule has 0 atom stereocenters. The molecule has 1 amide bonds. The van der Waals surface area contributed by atoms with E-state index in [1.165, 1.54) is 24.3 Å². The zero-order chi connectivity index (χ0) is 16.9. The summed E-state index contributed by atoms with van der Waals surface area (Å²) in [6.45, 7) is 0.527. The number of carbonyl (C=O) groups excluding carboxylic acids is 1. The number of amides is 1.